The van der Waals surface area contributed by atoms with Crippen LogP contribution in [0.4, 0.5) is 5.13 Å². The van der Waals surface area contributed by atoms with Gasteiger partial charge in [-0.2, -0.15) is 0 Å². The van der Waals surface area contributed by atoms with E-state index in [1.165, 1.54) is 37.6 Å². The molecule has 1 aromatic carbocycles. The molecule has 186 valence electrons. The van der Waals surface area contributed by atoms with E-state index in [0.717, 1.165) is 11.4 Å². The van der Waals surface area contributed by atoms with Crippen molar-refractivity contribution in [1.29, 1.82) is 0 Å². The van der Waals surface area contributed by atoms with Gasteiger partial charge in [0, 0.05) is 5.38 Å². The summed E-state index contributed by atoms with van der Waals surface area (Å²) in [6.07, 6.45) is 2.20. The second-order valence-corrected chi connectivity index (χ2v) is 10.3. The number of aryl methyl sites for hydroxylation is 1. The van der Waals surface area contributed by atoms with Crippen molar-refractivity contribution in [3.8, 4) is 17.2 Å². The van der Waals surface area contributed by atoms with Crippen molar-refractivity contribution in [2.45, 2.75) is 50.1 Å². The molecule has 4 unspecified atom stereocenters. The van der Waals surface area contributed by atoms with Crippen molar-refractivity contribution >= 4 is 39.8 Å². The first kappa shape index (κ1) is 23.9. The van der Waals surface area contributed by atoms with Crippen molar-refractivity contribution in [2.24, 2.45) is 5.92 Å². The molecule has 0 bridgehead atoms. The third-order valence-corrected chi connectivity index (χ3v) is 8.21. The number of ketones is 1. The molecular weight excluding hydrogens is 494 g/mol. The molecule has 4 atom stereocenters. The van der Waals surface area contributed by atoms with E-state index in [1.807, 2.05) is 6.92 Å². The highest BCUT2D eigenvalue weighted by Crippen LogP contribution is 2.51. The maximum atomic E-state index is 13.9. The molecule has 9 nitrogen and oxygen atoms in total. The van der Waals surface area contributed by atoms with Gasteiger partial charge in [-0.1, -0.05) is 18.3 Å². The highest BCUT2D eigenvalue weighted by Gasteiger charge is 2.54. The minimum Gasteiger partial charge on any atom is -0.493 e. The van der Waals surface area contributed by atoms with E-state index in [0.29, 0.717) is 52.8 Å². The monoisotopic (exact) mass is 519 g/mol. The summed E-state index contributed by atoms with van der Waals surface area (Å²) >= 11 is 7.73. The standard InChI is InChI=1S/C24H26ClN3O6S/c1-5-17-26-27-24(35-17)28-19(11-8-15(31-2)21(33-4)16(9-11)32-3)18-20(29)13-10-12(25)6-7-14(13)34-22(18)23(28)30/h8-9,12-14,19H,5-7,10H2,1-4H3. The summed E-state index contributed by atoms with van der Waals surface area (Å²) in [5.74, 6) is 0.398. The normalized spacial score (nSPS) is 25.8. The number of carbonyl (C=O) groups excluding carboxylic acids is 2. The van der Waals surface area contributed by atoms with Crippen LogP contribution < -0.4 is 19.1 Å². The lowest BCUT2D eigenvalue weighted by molar-refractivity contribution is -0.131. The molecule has 35 heavy (non-hydrogen) atoms. The Morgan fingerprint density at radius 2 is 1.83 bits per heavy atom. The molecule has 0 N–H and O–H groups in total. The first-order valence-corrected chi connectivity index (χ1v) is 12.7. The second-order valence-electron chi connectivity index (χ2n) is 8.65. The Balaban J connectivity index is 1.69. The lowest BCUT2D eigenvalue weighted by Gasteiger charge is -2.37. The number of alkyl halides is 1. The molecule has 11 heteroatoms. The highest BCUT2D eigenvalue weighted by molar-refractivity contribution is 7.15. The number of nitrogens with zero attached hydrogens (tertiary/aromatic N) is 3. The summed E-state index contributed by atoms with van der Waals surface area (Å²) in [5.41, 5.74) is 0.921. The molecule has 5 rings (SSSR count). The Labute approximate surface area is 212 Å². The summed E-state index contributed by atoms with van der Waals surface area (Å²) in [7, 11) is 4.55. The smallest absolute Gasteiger partial charge is 0.296 e. The largest absolute Gasteiger partial charge is 0.493 e. The minimum absolute atomic E-state index is 0.0799. The van der Waals surface area contributed by atoms with E-state index in [4.69, 9.17) is 30.5 Å². The molecule has 1 saturated carbocycles. The maximum absolute atomic E-state index is 13.9. The van der Waals surface area contributed by atoms with Crippen LogP contribution in [0.5, 0.6) is 17.2 Å². The fourth-order valence-electron chi connectivity index (χ4n) is 5.07. The molecule has 2 aromatic rings. The number of Topliss-reactive ketones (excluding diaryl/α,β-unsaturated/α-hetero) is 1. The number of amides is 1. The number of anilines is 1. The number of hydrogen-bond donors (Lipinski definition) is 0. The number of halogens is 1. The number of methoxy groups -OCH3 is 3. The van der Waals surface area contributed by atoms with E-state index in [1.54, 1.807) is 12.1 Å². The van der Waals surface area contributed by atoms with Crippen LogP contribution in [0.1, 0.15) is 42.8 Å². The van der Waals surface area contributed by atoms with Crippen molar-refractivity contribution in [3.63, 3.8) is 0 Å². The molecule has 1 aromatic heterocycles. The minimum atomic E-state index is -0.784. The number of carbonyl (C=O) groups is 2. The fourth-order valence-corrected chi connectivity index (χ4v) is 6.20. The van der Waals surface area contributed by atoms with Crippen LogP contribution >= 0.6 is 22.9 Å². The van der Waals surface area contributed by atoms with Gasteiger partial charge >= 0.3 is 0 Å². The predicted octanol–water partition coefficient (Wildman–Crippen LogP) is 3.84. The predicted molar refractivity (Wildman–Crippen MR) is 130 cm³/mol. The van der Waals surface area contributed by atoms with Crippen LogP contribution in [-0.2, 0) is 20.7 Å². The fraction of sp³-hybridized carbons (Fsp3) is 0.500. The van der Waals surface area contributed by atoms with Crippen LogP contribution in [0, 0.1) is 5.92 Å². The van der Waals surface area contributed by atoms with Gasteiger partial charge in [-0.3, -0.25) is 14.5 Å². The molecule has 3 heterocycles. The molecule has 0 spiro atoms. The van der Waals surface area contributed by atoms with Gasteiger partial charge in [0.1, 0.15) is 11.1 Å². The Kier molecular flexibility index (Phi) is 6.35. The zero-order chi connectivity index (χ0) is 24.9. The van der Waals surface area contributed by atoms with E-state index < -0.39 is 17.9 Å². The average molecular weight is 520 g/mol. The van der Waals surface area contributed by atoms with Crippen LogP contribution in [-0.4, -0.2) is 54.7 Å². The Morgan fingerprint density at radius 3 is 2.43 bits per heavy atom. The van der Waals surface area contributed by atoms with Crippen LogP contribution in [0.3, 0.4) is 0 Å². The first-order valence-electron chi connectivity index (χ1n) is 11.5. The molecule has 1 amide bonds. The quantitative estimate of drug-likeness (QED) is 0.531. The van der Waals surface area contributed by atoms with Gasteiger partial charge in [-0.15, -0.1) is 21.8 Å². The second kappa shape index (κ2) is 9.31. The molecule has 1 aliphatic carbocycles. The summed E-state index contributed by atoms with van der Waals surface area (Å²) in [6.45, 7) is 1.97. The summed E-state index contributed by atoms with van der Waals surface area (Å²) < 4.78 is 22.8. The first-order chi connectivity index (χ1) is 16.9. The molecule has 0 radical (unpaired) electrons. The highest BCUT2D eigenvalue weighted by atomic mass is 35.5. The Bertz CT molecular complexity index is 1190. The van der Waals surface area contributed by atoms with Crippen molar-refractivity contribution in [2.75, 3.05) is 26.2 Å². The van der Waals surface area contributed by atoms with Gasteiger partial charge in [0.15, 0.2) is 23.0 Å². The lowest BCUT2D eigenvalue weighted by Crippen LogP contribution is -2.41. The lowest BCUT2D eigenvalue weighted by atomic mass is 9.77. The van der Waals surface area contributed by atoms with E-state index in [-0.39, 0.29) is 23.0 Å². The summed E-state index contributed by atoms with van der Waals surface area (Å²) in [4.78, 5) is 29.1. The van der Waals surface area contributed by atoms with Gasteiger partial charge in [0.2, 0.25) is 10.9 Å². The number of rotatable bonds is 6. The SMILES string of the molecule is CCc1nnc(N2C(=O)C3=C(C(=O)C4CC(Cl)CCC4O3)C2c2cc(OC)c(OC)c(OC)c2)s1. The third kappa shape index (κ3) is 3.83. The molecule has 0 saturated heterocycles. The van der Waals surface area contributed by atoms with Crippen molar-refractivity contribution < 1.29 is 28.5 Å². The van der Waals surface area contributed by atoms with Gasteiger partial charge in [-0.25, -0.2) is 0 Å². The van der Waals surface area contributed by atoms with Gasteiger partial charge in [0.25, 0.3) is 5.91 Å². The number of aromatic nitrogens is 2. The van der Waals surface area contributed by atoms with Crippen LogP contribution in [0.25, 0.3) is 0 Å². The van der Waals surface area contributed by atoms with Crippen molar-refractivity contribution in [1.82, 2.24) is 10.2 Å². The van der Waals surface area contributed by atoms with Gasteiger partial charge in [0.05, 0.1) is 38.9 Å². The van der Waals surface area contributed by atoms with E-state index in [2.05, 4.69) is 10.2 Å². The zero-order valence-corrected chi connectivity index (χ0v) is 21.4. The molecule has 3 aliphatic rings. The number of hydrogen-bond acceptors (Lipinski definition) is 9. The van der Waals surface area contributed by atoms with E-state index >= 15 is 0 Å². The van der Waals surface area contributed by atoms with Crippen LogP contribution in [0.15, 0.2) is 23.5 Å². The summed E-state index contributed by atoms with van der Waals surface area (Å²) in [6, 6.07) is 2.71. The Morgan fingerprint density at radius 1 is 1.11 bits per heavy atom. The van der Waals surface area contributed by atoms with Crippen LogP contribution in [0.2, 0.25) is 0 Å². The molecule has 1 fully saturated rings. The number of fused-ring (bicyclic) bond motifs is 1. The van der Waals surface area contributed by atoms with Gasteiger partial charge in [-0.05, 0) is 43.4 Å². The average Bonchev–Trinajstić information content (AvgIpc) is 3.46. The van der Waals surface area contributed by atoms with Crippen molar-refractivity contribution in [3.05, 3.63) is 34.0 Å². The number of benzene rings is 1. The third-order valence-electron chi connectivity index (χ3n) is 6.75. The topological polar surface area (TPSA) is 100 Å². The zero-order valence-electron chi connectivity index (χ0n) is 19.9. The van der Waals surface area contributed by atoms with Gasteiger partial charge < -0.3 is 18.9 Å². The van der Waals surface area contributed by atoms with E-state index in [9.17, 15) is 9.59 Å². The molecule has 2 aliphatic heterocycles. The maximum Gasteiger partial charge on any atom is 0.296 e. The molecular formula is C24H26ClN3O6S. The Hall–Kier alpha value is -2.85. The number of ether oxygens (including phenoxy) is 4. The summed E-state index contributed by atoms with van der Waals surface area (Å²) in [5, 5.41) is 9.55.